The molecule has 0 aliphatic rings. The summed E-state index contributed by atoms with van der Waals surface area (Å²) < 4.78 is 29.3. The minimum absolute atomic E-state index is 0.0146. The number of hydrogen-bond donors (Lipinski definition) is 1. The zero-order valence-corrected chi connectivity index (χ0v) is 10.7. The summed E-state index contributed by atoms with van der Waals surface area (Å²) in [5.74, 6) is 0.601. The molecule has 98 valence electrons. The molecule has 0 aliphatic heterocycles. The number of hydrogen-bond acceptors (Lipinski definition) is 4. The van der Waals surface area contributed by atoms with E-state index in [0.29, 0.717) is 0 Å². The number of sulfonamides is 1. The monoisotopic (exact) mass is 263 g/mol. The molecule has 0 bridgehead atoms. The summed E-state index contributed by atoms with van der Waals surface area (Å²) in [6.07, 6.45) is 4.92. The molecule has 17 heavy (non-hydrogen) atoms. The molecular formula is C10H17NO5S. The van der Waals surface area contributed by atoms with Gasteiger partial charge in [-0.3, -0.25) is 4.79 Å². The second-order valence-corrected chi connectivity index (χ2v) is 5.69. The van der Waals surface area contributed by atoms with E-state index in [1.54, 1.807) is 13.8 Å². The van der Waals surface area contributed by atoms with E-state index in [1.165, 1.54) is 0 Å². The molecule has 6 nitrogen and oxygen atoms in total. The summed E-state index contributed by atoms with van der Waals surface area (Å²) >= 11 is 0. The largest absolute Gasteiger partial charge is 0.480 e. The summed E-state index contributed by atoms with van der Waals surface area (Å²) in [5, 5.41) is 8.58. The van der Waals surface area contributed by atoms with Gasteiger partial charge < -0.3 is 9.84 Å². The Morgan fingerprint density at radius 1 is 1.53 bits per heavy atom. The Kier molecular flexibility index (Phi) is 6.80. The highest BCUT2D eigenvalue weighted by Crippen LogP contribution is 2.02. The van der Waals surface area contributed by atoms with Crippen molar-refractivity contribution in [1.82, 2.24) is 4.31 Å². The molecule has 0 aromatic carbocycles. The minimum atomic E-state index is -3.69. The first kappa shape index (κ1) is 15.9. The molecule has 0 radical (unpaired) electrons. The maximum absolute atomic E-state index is 11.7. The maximum atomic E-state index is 11.7. The summed E-state index contributed by atoms with van der Waals surface area (Å²) in [6, 6.07) is 0. The Hall–Kier alpha value is -1.10. The van der Waals surface area contributed by atoms with Gasteiger partial charge in [0.25, 0.3) is 0 Å². The van der Waals surface area contributed by atoms with E-state index in [0.717, 1.165) is 4.31 Å². The van der Waals surface area contributed by atoms with E-state index in [2.05, 4.69) is 5.92 Å². The predicted octanol–water partition coefficient (Wildman–Crippen LogP) is -0.239. The number of nitrogens with zero attached hydrogens (tertiary/aromatic N) is 1. The number of terminal acetylenes is 1. The highest BCUT2D eigenvalue weighted by atomic mass is 32.2. The van der Waals surface area contributed by atoms with Crippen LogP contribution in [0.2, 0.25) is 0 Å². The lowest BCUT2D eigenvalue weighted by Gasteiger charge is -2.18. The average molecular weight is 263 g/mol. The Morgan fingerprint density at radius 2 is 2.12 bits per heavy atom. The fraction of sp³-hybridized carbons (Fsp3) is 0.700. The first-order valence-electron chi connectivity index (χ1n) is 5.04. The number of ether oxygens (including phenoxy) is 1. The average Bonchev–Trinajstić information content (AvgIpc) is 2.15. The number of carboxylic acid groups (broad SMARTS) is 1. The third kappa shape index (κ3) is 6.94. The normalized spacial score (nSPS) is 11.7. The molecule has 0 aromatic rings. The molecule has 0 unspecified atom stereocenters. The molecule has 0 atom stereocenters. The van der Waals surface area contributed by atoms with E-state index in [-0.39, 0.29) is 25.0 Å². The predicted molar refractivity (Wildman–Crippen MR) is 62.9 cm³/mol. The van der Waals surface area contributed by atoms with Crippen LogP contribution in [0, 0.1) is 12.3 Å². The Labute approximate surface area is 102 Å². The van der Waals surface area contributed by atoms with Crippen LogP contribution in [0.3, 0.4) is 0 Å². The lowest BCUT2D eigenvalue weighted by molar-refractivity contribution is -0.137. The Morgan fingerprint density at radius 3 is 2.53 bits per heavy atom. The molecule has 0 saturated carbocycles. The van der Waals surface area contributed by atoms with Crippen LogP contribution < -0.4 is 0 Å². The van der Waals surface area contributed by atoms with Gasteiger partial charge in [0, 0.05) is 0 Å². The van der Waals surface area contributed by atoms with Crippen LogP contribution in [0.5, 0.6) is 0 Å². The van der Waals surface area contributed by atoms with Gasteiger partial charge in [-0.15, -0.1) is 6.42 Å². The Bertz CT molecular complexity index is 382. The molecule has 1 N–H and O–H groups in total. The highest BCUT2D eigenvalue weighted by Gasteiger charge is 2.23. The third-order valence-electron chi connectivity index (χ3n) is 1.77. The first-order chi connectivity index (χ1) is 7.79. The van der Waals surface area contributed by atoms with Crippen molar-refractivity contribution in [3.8, 4) is 12.3 Å². The van der Waals surface area contributed by atoms with E-state index in [4.69, 9.17) is 16.3 Å². The molecule has 0 aromatic heterocycles. The number of carboxylic acids is 1. The molecule has 0 amide bonds. The maximum Gasteiger partial charge on any atom is 0.318 e. The topological polar surface area (TPSA) is 83.9 Å². The molecule has 0 rings (SSSR count). The van der Waals surface area contributed by atoms with Crippen molar-refractivity contribution in [3.63, 3.8) is 0 Å². The van der Waals surface area contributed by atoms with Crippen molar-refractivity contribution < 1.29 is 23.1 Å². The van der Waals surface area contributed by atoms with Gasteiger partial charge in [-0.2, -0.15) is 4.31 Å². The van der Waals surface area contributed by atoms with E-state index in [1.807, 2.05) is 0 Å². The molecular weight excluding hydrogens is 246 g/mol. The molecule has 0 fully saturated rings. The smallest absolute Gasteiger partial charge is 0.318 e. The van der Waals surface area contributed by atoms with Crippen LogP contribution in [-0.2, 0) is 19.6 Å². The first-order valence-corrected chi connectivity index (χ1v) is 6.65. The summed E-state index contributed by atoms with van der Waals surface area (Å²) in [5.41, 5.74) is 0. The summed E-state index contributed by atoms with van der Waals surface area (Å²) in [7, 11) is -3.69. The zero-order valence-electron chi connectivity index (χ0n) is 9.92. The van der Waals surface area contributed by atoms with Crippen molar-refractivity contribution >= 4 is 16.0 Å². The van der Waals surface area contributed by atoms with Crippen LogP contribution in [0.4, 0.5) is 0 Å². The lowest BCUT2D eigenvalue weighted by atomic mass is 10.5. The van der Waals surface area contributed by atoms with E-state index < -0.39 is 22.5 Å². The fourth-order valence-electron chi connectivity index (χ4n) is 1.02. The molecule has 0 spiro atoms. The van der Waals surface area contributed by atoms with Gasteiger partial charge >= 0.3 is 5.97 Å². The standard InChI is InChI=1S/C10H17NO5S/c1-4-5-11(8-10(12)13)17(14,15)7-6-16-9(2)3/h1,9H,5-8H2,2-3H3,(H,12,13). The highest BCUT2D eigenvalue weighted by molar-refractivity contribution is 7.89. The summed E-state index contributed by atoms with van der Waals surface area (Å²) in [6.45, 7) is 2.69. The molecule has 7 heteroatoms. The van der Waals surface area contributed by atoms with Crippen molar-refractivity contribution in [3.05, 3.63) is 0 Å². The molecule has 0 heterocycles. The minimum Gasteiger partial charge on any atom is -0.480 e. The van der Waals surface area contributed by atoms with Crippen LogP contribution in [0.15, 0.2) is 0 Å². The molecule has 0 aliphatic carbocycles. The van der Waals surface area contributed by atoms with Crippen molar-refractivity contribution in [2.45, 2.75) is 20.0 Å². The lowest BCUT2D eigenvalue weighted by Crippen LogP contribution is -2.38. The second-order valence-electron chi connectivity index (χ2n) is 3.60. The van der Waals surface area contributed by atoms with E-state index >= 15 is 0 Å². The fourth-order valence-corrected chi connectivity index (χ4v) is 2.17. The van der Waals surface area contributed by atoms with Crippen molar-refractivity contribution in [2.75, 3.05) is 25.4 Å². The van der Waals surface area contributed by atoms with Crippen LogP contribution >= 0.6 is 0 Å². The van der Waals surface area contributed by atoms with Crippen LogP contribution in [0.25, 0.3) is 0 Å². The van der Waals surface area contributed by atoms with Crippen LogP contribution in [0.1, 0.15) is 13.8 Å². The quantitative estimate of drug-likeness (QED) is 0.611. The SMILES string of the molecule is C#CCN(CC(=O)O)S(=O)(=O)CCOC(C)C. The van der Waals surface area contributed by atoms with Gasteiger partial charge in [-0.1, -0.05) is 5.92 Å². The van der Waals surface area contributed by atoms with Gasteiger partial charge in [0.2, 0.25) is 10.0 Å². The van der Waals surface area contributed by atoms with Crippen molar-refractivity contribution in [2.24, 2.45) is 0 Å². The Balaban J connectivity index is 4.50. The van der Waals surface area contributed by atoms with Gasteiger partial charge in [-0.05, 0) is 13.8 Å². The van der Waals surface area contributed by atoms with E-state index in [9.17, 15) is 13.2 Å². The molecule has 0 saturated heterocycles. The van der Waals surface area contributed by atoms with Crippen molar-refractivity contribution in [1.29, 1.82) is 0 Å². The second kappa shape index (κ2) is 7.27. The number of rotatable bonds is 8. The van der Waals surface area contributed by atoms with Crippen LogP contribution in [-0.4, -0.2) is 55.4 Å². The zero-order chi connectivity index (χ0) is 13.5. The third-order valence-corrected chi connectivity index (χ3v) is 3.49. The van der Waals surface area contributed by atoms with Gasteiger partial charge in [0.1, 0.15) is 6.54 Å². The van der Waals surface area contributed by atoms with Gasteiger partial charge in [-0.25, -0.2) is 8.42 Å². The number of aliphatic carboxylic acids is 1. The van der Waals surface area contributed by atoms with Gasteiger partial charge in [0.15, 0.2) is 0 Å². The number of carbonyl (C=O) groups is 1. The van der Waals surface area contributed by atoms with Gasteiger partial charge in [0.05, 0.1) is 25.0 Å². The summed E-state index contributed by atoms with van der Waals surface area (Å²) in [4.78, 5) is 10.5.